The van der Waals surface area contributed by atoms with Gasteiger partial charge in [0.15, 0.2) is 0 Å². The molecule has 7 nitrogen and oxygen atoms in total. The molecule has 1 fully saturated rings. The highest BCUT2D eigenvalue weighted by Crippen LogP contribution is 2.27. The highest BCUT2D eigenvalue weighted by Gasteiger charge is 2.29. The van der Waals surface area contributed by atoms with Gasteiger partial charge in [-0.05, 0) is 52.0 Å². The first-order valence-electron chi connectivity index (χ1n) is 9.74. The number of nitrogens with one attached hydrogen (secondary N) is 1. The number of amides is 2. The zero-order valence-electron chi connectivity index (χ0n) is 16.9. The third-order valence-corrected chi connectivity index (χ3v) is 5.49. The Kier molecular flexibility index (Phi) is 8.57. The molecule has 1 aliphatic heterocycles. The Balaban J connectivity index is 1.77. The molecule has 1 saturated heterocycles. The highest BCUT2D eigenvalue weighted by molar-refractivity contribution is 7.99. The first-order chi connectivity index (χ1) is 13.3. The molecule has 0 bridgehead atoms. The van der Waals surface area contributed by atoms with Crippen molar-refractivity contribution in [3.8, 4) is 0 Å². The normalized spacial score (nSPS) is 16.9. The second kappa shape index (κ2) is 10.7. The number of aromatic nitrogens is 1. The van der Waals surface area contributed by atoms with E-state index in [1.165, 1.54) is 0 Å². The third kappa shape index (κ3) is 7.67. The molecule has 1 aliphatic rings. The fourth-order valence-electron chi connectivity index (χ4n) is 2.96. The fraction of sp³-hybridized carbons (Fsp3) is 0.650. The number of aliphatic hydroxyl groups is 1. The van der Waals surface area contributed by atoms with Gasteiger partial charge in [0.05, 0.1) is 11.9 Å². The van der Waals surface area contributed by atoms with Gasteiger partial charge in [0.25, 0.3) is 0 Å². The Morgan fingerprint density at radius 2 is 2.21 bits per heavy atom. The Hall–Kier alpha value is -1.80. The maximum atomic E-state index is 12.4. The van der Waals surface area contributed by atoms with E-state index in [0.29, 0.717) is 37.5 Å². The molecular formula is C20H31N3O4S. The third-order valence-electron chi connectivity index (χ3n) is 4.33. The Morgan fingerprint density at radius 1 is 1.43 bits per heavy atom. The molecule has 2 heterocycles. The van der Waals surface area contributed by atoms with Gasteiger partial charge >= 0.3 is 6.09 Å². The minimum Gasteiger partial charge on any atom is -0.444 e. The lowest BCUT2D eigenvalue weighted by atomic mass is 10.0. The van der Waals surface area contributed by atoms with Crippen LogP contribution in [0.4, 0.5) is 10.5 Å². The molecule has 1 unspecified atom stereocenters. The van der Waals surface area contributed by atoms with Crippen molar-refractivity contribution in [1.82, 2.24) is 9.88 Å². The lowest BCUT2D eigenvalue weighted by Crippen LogP contribution is -2.35. The van der Waals surface area contributed by atoms with E-state index >= 15 is 0 Å². The van der Waals surface area contributed by atoms with E-state index in [-0.39, 0.29) is 18.6 Å². The zero-order chi connectivity index (χ0) is 20.6. The summed E-state index contributed by atoms with van der Waals surface area (Å²) < 4.78 is 5.41. The van der Waals surface area contributed by atoms with Crippen LogP contribution in [-0.2, 0) is 9.53 Å². The van der Waals surface area contributed by atoms with Crippen LogP contribution >= 0.6 is 11.8 Å². The molecule has 1 aromatic rings. The number of rotatable bonds is 8. The number of carbonyl (C=O) groups is 2. The lowest BCUT2D eigenvalue weighted by Gasteiger charge is -2.24. The van der Waals surface area contributed by atoms with Crippen molar-refractivity contribution < 1.29 is 19.4 Å². The van der Waals surface area contributed by atoms with E-state index < -0.39 is 5.60 Å². The van der Waals surface area contributed by atoms with E-state index in [0.717, 1.165) is 23.5 Å². The Morgan fingerprint density at radius 3 is 2.93 bits per heavy atom. The molecule has 0 aromatic carbocycles. The number of anilines is 1. The quantitative estimate of drug-likeness (QED) is 0.504. The van der Waals surface area contributed by atoms with Crippen molar-refractivity contribution in [2.24, 2.45) is 5.92 Å². The lowest BCUT2D eigenvalue weighted by molar-refractivity contribution is -0.116. The average Bonchev–Trinajstić information content (AvgIpc) is 3.09. The van der Waals surface area contributed by atoms with Crippen molar-refractivity contribution in [1.29, 1.82) is 0 Å². The number of likely N-dealkylation sites (tertiary alicyclic amines) is 1. The monoisotopic (exact) mass is 409 g/mol. The summed E-state index contributed by atoms with van der Waals surface area (Å²) in [5.74, 6) is 1.05. The van der Waals surface area contributed by atoms with Gasteiger partial charge in [-0.25, -0.2) is 4.79 Å². The van der Waals surface area contributed by atoms with Crippen LogP contribution in [0.25, 0.3) is 0 Å². The second-order valence-electron chi connectivity index (χ2n) is 7.97. The van der Waals surface area contributed by atoms with Gasteiger partial charge in [-0.2, -0.15) is 0 Å². The number of hydrogen-bond acceptors (Lipinski definition) is 6. The van der Waals surface area contributed by atoms with Gasteiger partial charge in [0.2, 0.25) is 5.91 Å². The topological polar surface area (TPSA) is 91.8 Å². The summed E-state index contributed by atoms with van der Waals surface area (Å²) in [5, 5.41) is 11.8. The summed E-state index contributed by atoms with van der Waals surface area (Å²) >= 11 is 1.59. The standard InChI is InChI=1S/C20H31N3O4S/c1-20(2,3)27-19(26)23-10-8-15(14-23)5-6-18(25)22-16-13-21-9-7-17(16)28-12-4-11-24/h7,9,13,15,24H,4-6,8,10-12,14H2,1-3H3,(H,22,25). The summed E-state index contributed by atoms with van der Waals surface area (Å²) in [6.45, 7) is 7.04. The molecule has 8 heteroatoms. The first-order valence-corrected chi connectivity index (χ1v) is 10.7. The van der Waals surface area contributed by atoms with Crippen molar-refractivity contribution >= 4 is 29.4 Å². The zero-order valence-corrected chi connectivity index (χ0v) is 17.8. The van der Waals surface area contributed by atoms with Gasteiger partial charge in [-0.3, -0.25) is 9.78 Å². The summed E-state index contributed by atoms with van der Waals surface area (Å²) in [7, 11) is 0. The number of carbonyl (C=O) groups excluding carboxylic acids is 2. The average molecular weight is 410 g/mol. The molecule has 0 radical (unpaired) electrons. The fourth-order valence-corrected chi connectivity index (χ4v) is 3.87. The van der Waals surface area contributed by atoms with Gasteiger partial charge in [-0.1, -0.05) is 0 Å². The molecule has 2 rings (SSSR count). The van der Waals surface area contributed by atoms with Crippen LogP contribution in [0.1, 0.15) is 46.5 Å². The van der Waals surface area contributed by atoms with Crippen molar-refractivity contribution in [3.63, 3.8) is 0 Å². The molecule has 2 N–H and O–H groups in total. The Labute approximate surface area is 171 Å². The number of ether oxygens (including phenoxy) is 1. The van der Waals surface area contributed by atoms with Gasteiger partial charge in [0.1, 0.15) is 5.60 Å². The van der Waals surface area contributed by atoms with Gasteiger partial charge < -0.3 is 20.1 Å². The molecule has 2 amide bonds. The van der Waals surface area contributed by atoms with Crippen molar-refractivity contribution in [2.75, 3.05) is 30.8 Å². The van der Waals surface area contributed by atoms with Crippen LogP contribution in [0, 0.1) is 5.92 Å². The van der Waals surface area contributed by atoms with Crippen LogP contribution in [0.3, 0.4) is 0 Å². The maximum Gasteiger partial charge on any atom is 0.410 e. The largest absolute Gasteiger partial charge is 0.444 e. The number of aliphatic hydroxyl groups excluding tert-OH is 1. The van der Waals surface area contributed by atoms with Crippen LogP contribution < -0.4 is 5.32 Å². The SMILES string of the molecule is CC(C)(C)OC(=O)N1CCC(CCC(=O)Nc2cnccc2SCCCO)C1. The molecular weight excluding hydrogens is 378 g/mol. The number of thioether (sulfide) groups is 1. The summed E-state index contributed by atoms with van der Waals surface area (Å²) in [4.78, 5) is 31.3. The van der Waals surface area contributed by atoms with Gasteiger partial charge in [0, 0.05) is 43.0 Å². The maximum absolute atomic E-state index is 12.4. The molecule has 28 heavy (non-hydrogen) atoms. The van der Waals surface area contributed by atoms with E-state index in [1.54, 1.807) is 29.1 Å². The minimum absolute atomic E-state index is 0.0484. The summed E-state index contributed by atoms with van der Waals surface area (Å²) in [6.07, 6.45) is 5.80. The van der Waals surface area contributed by atoms with E-state index in [2.05, 4.69) is 10.3 Å². The number of pyridine rings is 1. The highest BCUT2D eigenvalue weighted by atomic mass is 32.2. The molecule has 1 atom stereocenters. The second-order valence-corrected chi connectivity index (χ2v) is 9.10. The number of hydrogen-bond donors (Lipinski definition) is 2. The molecule has 0 spiro atoms. The van der Waals surface area contributed by atoms with E-state index in [4.69, 9.17) is 9.84 Å². The molecule has 156 valence electrons. The van der Waals surface area contributed by atoms with Crippen LogP contribution in [0.2, 0.25) is 0 Å². The predicted octanol–water partition coefficient (Wildman–Crippen LogP) is 3.53. The van der Waals surface area contributed by atoms with E-state index in [9.17, 15) is 9.59 Å². The number of nitrogens with zero attached hydrogens (tertiary/aromatic N) is 2. The van der Waals surface area contributed by atoms with Crippen LogP contribution in [0.5, 0.6) is 0 Å². The molecule has 0 saturated carbocycles. The predicted molar refractivity (Wildman–Crippen MR) is 110 cm³/mol. The smallest absolute Gasteiger partial charge is 0.410 e. The summed E-state index contributed by atoms with van der Waals surface area (Å²) in [6, 6.07) is 1.87. The van der Waals surface area contributed by atoms with E-state index in [1.807, 2.05) is 26.8 Å². The van der Waals surface area contributed by atoms with Gasteiger partial charge in [-0.15, -0.1) is 11.8 Å². The Bertz CT molecular complexity index is 663. The van der Waals surface area contributed by atoms with Crippen molar-refractivity contribution in [3.05, 3.63) is 18.5 Å². The van der Waals surface area contributed by atoms with Crippen molar-refractivity contribution in [2.45, 2.75) is 57.0 Å². The minimum atomic E-state index is -0.494. The summed E-state index contributed by atoms with van der Waals surface area (Å²) in [5.41, 5.74) is 0.211. The van der Waals surface area contributed by atoms with Crippen LogP contribution in [0.15, 0.2) is 23.4 Å². The molecule has 1 aromatic heterocycles. The van der Waals surface area contributed by atoms with Crippen LogP contribution in [-0.4, -0.2) is 58.0 Å². The molecule has 0 aliphatic carbocycles. The first kappa shape index (κ1) is 22.5.